The monoisotopic (exact) mass is 307 g/mol. The molecule has 1 aliphatic rings. The van der Waals surface area contributed by atoms with Gasteiger partial charge in [-0.3, -0.25) is 4.79 Å². The lowest BCUT2D eigenvalue weighted by molar-refractivity contribution is -0.126. The van der Waals surface area contributed by atoms with Crippen LogP contribution >= 0.6 is 0 Å². The van der Waals surface area contributed by atoms with Crippen molar-refractivity contribution in [3.05, 3.63) is 35.6 Å². The Morgan fingerprint density at radius 2 is 2.05 bits per heavy atom. The predicted molar refractivity (Wildman–Crippen MR) is 81.6 cm³/mol. The van der Waals surface area contributed by atoms with Crippen LogP contribution in [0.25, 0.3) is 0 Å². The normalized spacial score (nSPS) is 18.0. The van der Waals surface area contributed by atoms with Gasteiger partial charge in [-0.2, -0.15) is 0 Å². The van der Waals surface area contributed by atoms with Crippen molar-refractivity contribution in [1.29, 1.82) is 0 Å². The summed E-state index contributed by atoms with van der Waals surface area (Å²) >= 11 is 0. The second-order valence-corrected chi connectivity index (χ2v) is 5.64. The summed E-state index contributed by atoms with van der Waals surface area (Å²) in [5.74, 6) is -0.439. The molecule has 0 spiro atoms. The van der Waals surface area contributed by atoms with Crippen LogP contribution in [0.2, 0.25) is 0 Å². The summed E-state index contributed by atoms with van der Waals surface area (Å²) < 4.78 is 12.8. The number of urea groups is 1. The van der Waals surface area contributed by atoms with Gasteiger partial charge in [-0.1, -0.05) is 12.1 Å². The highest BCUT2D eigenvalue weighted by Crippen LogP contribution is 2.16. The first-order valence-corrected chi connectivity index (χ1v) is 7.63. The molecular formula is C16H22FN3O2. The van der Waals surface area contributed by atoms with Crippen LogP contribution in [0.1, 0.15) is 24.8 Å². The molecule has 1 atom stereocenters. The first-order chi connectivity index (χ1) is 10.6. The molecule has 3 N–H and O–H groups in total. The van der Waals surface area contributed by atoms with Crippen molar-refractivity contribution >= 4 is 11.9 Å². The van der Waals surface area contributed by atoms with Gasteiger partial charge in [0.1, 0.15) is 5.82 Å². The molecule has 1 unspecified atom stereocenters. The SMILES string of the molecule is NC(=O)N1CCCC(C(=O)NCCCc2ccc(F)cc2)C1. The number of likely N-dealkylation sites (tertiary alicyclic amines) is 1. The molecule has 1 aliphatic heterocycles. The molecule has 0 saturated carbocycles. The van der Waals surface area contributed by atoms with Gasteiger partial charge in [0.05, 0.1) is 5.92 Å². The summed E-state index contributed by atoms with van der Waals surface area (Å²) in [6.45, 7) is 1.60. The lowest BCUT2D eigenvalue weighted by atomic mass is 9.97. The number of hydrogen-bond donors (Lipinski definition) is 2. The number of benzene rings is 1. The minimum atomic E-state index is -0.464. The van der Waals surface area contributed by atoms with E-state index in [4.69, 9.17) is 5.73 Å². The van der Waals surface area contributed by atoms with Crippen LogP contribution in [0.3, 0.4) is 0 Å². The van der Waals surface area contributed by atoms with Gasteiger partial charge >= 0.3 is 6.03 Å². The van der Waals surface area contributed by atoms with E-state index in [1.54, 1.807) is 12.1 Å². The summed E-state index contributed by atoms with van der Waals surface area (Å²) in [6, 6.07) is 5.92. The van der Waals surface area contributed by atoms with E-state index in [1.807, 2.05) is 0 Å². The average molecular weight is 307 g/mol. The van der Waals surface area contributed by atoms with E-state index in [0.717, 1.165) is 31.2 Å². The summed E-state index contributed by atoms with van der Waals surface area (Å²) in [4.78, 5) is 24.8. The predicted octanol–water partition coefficient (Wildman–Crippen LogP) is 1.67. The molecule has 2 rings (SSSR count). The zero-order chi connectivity index (χ0) is 15.9. The lowest BCUT2D eigenvalue weighted by Crippen LogP contribution is -2.47. The van der Waals surface area contributed by atoms with Gasteiger partial charge < -0.3 is 16.0 Å². The number of carbonyl (C=O) groups is 2. The van der Waals surface area contributed by atoms with Crippen molar-refractivity contribution in [2.75, 3.05) is 19.6 Å². The summed E-state index contributed by atoms with van der Waals surface area (Å²) in [5, 5.41) is 2.90. The van der Waals surface area contributed by atoms with Crippen molar-refractivity contribution in [3.63, 3.8) is 0 Å². The quantitative estimate of drug-likeness (QED) is 0.812. The Morgan fingerprint density at radius 1 is 1.32 bits per heavy atom. The number of nitrogens with zero attached hydrogens (tertiary/aromatic N) is 1. The molecule has 0 bridgehead atoms. The van der Waals surface area contributed by atoms with Crippen LogP contribution in [0.15, 0.2) is 24.3 Å². The van der Waals surface area contributed by atoms with Gasteiger partial charge in [0.25, 0.3) is 0 Å². The number of nitrogens with two attached hydrogens (primary N) is 1. The molecule has 6 heteroatoms. The van der Waals surface area contributed by atoms with Gasteiger partial charge in [0.15, 0.2) is 0 Å². The summed E-state index contributed by atoms with van der Waals surface area (Å²) in [5.41, 5.74) is 6.30. The maximum absolute atomic E-state index is 12.8. The highest BCUT2D eigenvalue weighted by Gasteiger charge is 2.26. The Bertz CT molecular complexity index is 519. The molecule has 1 saturated heterocycles. The Kier molecular flexibility index (Phi) is 5.75. The zero-order valence-electron chi connectivity index (χ0n) is 12.6. The molecule has 3 amide bonds. The highest BCUT2D eigenvalue weighted by molar-refractivity contribution is 5.80. The molecule has 1 aromatic carbocycles. The second-order valence-electron chi connectivity index (χ2n) is 5.64. The number of amides is 3. The fraction of sp³-hybridized carbons (Fsp3) is 0.500. The number of carbonyl (C=O) groups excluding carboxylic acids is 2. The van der Waals surface area contributed by atoms with Crippen LogP contribution in [0.5, 0.6) is 0 Å². The van der Waals surface area contributed by atoms with Crippen molar-refractivity contribution in [2.24, 2.45) is 11.7 Å². The third-order valence-corrected chi connectivity index (χ3v) is 3.96. The molecule has 1 heterocycles. The Hall–Kier alpha value is -2.11. The molecule has 1 aromatic rings. The van der Waals surface area contributed by atoms with Crippen molar-refractivity contribution in [3.8, 4) is 0 Å². The van der Waals surface area contributed by atoms with Gasteiger partial charge in [-0.15, -0.1) is 0 Å². The van der Waals surface area contributed by atoms with Gasteiger partial charge in [-0.25, -0.2) is 9.18 Å². The topological polar surface area (TPSA) is 75.4 Å². The zero-order valence-corrected chi connectivity index (χ0v) is 12.6. The van der Waals surface area contributed by atoms with Gasteiger partial charge in [0.2, 0.25) is 5.91 Å². The number of piperidine rings is 1. The van der Waals surface area contributed by atoms with Crippen LogP contribution in [-0.4, -0.2) is 36.5 Å². The van der Waals surface area contributed by atoms with Crippen molar-refractivity contribution in [2.45, 2.75) is 25.7 Å². The van der Waals surface area contributed by atoms with E-state index in [1.165, 1.54) is 17.0 Å². The van der Waals surface area contributed by atoms with E-state index in [2.05, 4.69) is 5.32 Å². The number of aryl methyl sites for hydroxylation is 1. The Morgan fingerprint density at radius 3 is 2.73 bits per heavy atom. The van der Waals surface area contributed by atoms with E-state index in [9.17, 15) is 14.0 Å². The number of nitrogens with one attached hydrogen (secondary N) is 1. The van der Waals surface area contributed by atoms with E-state index >= 15 is 0 Å². The second kappa shape index (κ2) is 7.77. The van der Waals surface area contributed by atoms with E-state index in [-0.39, 0.29) is 17.6 Å². The Labute approximate surface area is 129 Å². The van der Waals surface area contributed by atoms with E-state index < -0.39 is 6.03 Å². The van der Waals surface area contributed by atoms with Crippen LogP contribution in [0, 0.1) is 11.7 Å². The number of halogens is 1. The number of primary amides is 1. The average Bonchev–Trinajstić information content (AvgIpc) is 2.53. The van der Waals surface area contributed by atoms with Crippen LogP contribution in [0.4, 0.5) is 9.18 Å². The van der Waals surface area contributed by atoms with E-state index in [0.29, 0.717) is 19.6 Å². The molecule has 1 fully saturated rings. The number of rotatable bonds is 5. The number of hydrogen-bond acceptors (Lipinski definition) is 2. The largest absolute Gasteiger partial charge is 0.356 e. The van der Waals surface area contributed by atoms with Crippen LogP contribution < -0.4 is 11.1 Å². The standard InChI is InChI=1S/C16H22FN3O2/c17-14-7-5-12(6-8-14)3-1-9-19-15(21)13-4-2-10-20(11-13)16(18)22/h5-8,13H,1-4,9-11H2,(H2,18,22)(H,19,21). The summed E-state index contributed by atoms with van der Waals surface area (Å²) in [6.07, 6.45) is 3.17. The molecule has 120 valence electrons. The maximum Gasteiger partial charge on any atom is 0.314 e. The molecule has 5 nitrogen and oxygen atoms in total. The molecule has 22 heavy (non-hydrogen) atoms. The van der Waals surface area contributed by atoms with Gasteiger partial charge in [-0.05, 0) is 43.4 Å². The first-order valence-electron chi connectivity index (χ1n) is 7.63. The molecule has 0 aliphatic carbocycles. The Balaban J connectivity index is 1.69. The van der Waals surface area contributed by atoms with Crippen LogP contribution in [-0.2, 0) is 11.2 Å². The molecule has 0 radical (unpaired) electrons. The molecular weight excluding hydrogens is 285 g/mol. The summed E-state index contributed by atoms with van der Waals surface area (Å²) in [7, 11) is 0. The highest BCUT2D eigenvalue weighted by atomic mass is 19.1. The maximum atomic E-state index is 12.8. The van der Waals surface area contributed by atoms with Crippen molar-refractivity contribution in [1.82, 2.24) is 10.2 Å². The fourth-order valence-electron chi connectivity index (χ4n) is 2.69. The lowest BCUT2D eigenvalue weighted by Gasteiger charge is -2.30. The minimum absolute atomic E-state index is 0.0231. The molecule has 0 aromatic heterocycles. The van der Waals surface area contributed by atoms with Crippen molar-refractivity contribution < 1.29 is 14.0 Å². The third-order valence-electron chi connectivity index (χ3n) is 3.96. The third kappa shape index (κ3) is 4.72. The van der Waals surface area contributed by atoms with Gasteiger partial charge in [0, 0.05) is 19.6 Å². The smallest absolute Gasteiger partial charge is 0.314 e. The first kappa shape index (κ1) is 16.3. The minimum Gasteiger partial charge on any atom is -0.356 e. The fourth-order valence-corrected chi connectivity index (χ4v) is 2.69.